The molecular weight excluding hydrogens is 290 g/mol. The van der Waals surface area contributed by atoms with Crippen LogP contribution in [0.15, 0.2) is 29.5 Å². The number of guanidine groups is 1. The van der Waals surface area contributed by atoms with Gasteiger partial charge in [0.05, 0.1) is 5.69 Å². The van der Waals surface area contributed by atoms with Gasteiger partial charge in [-0.05, 0) is 38.8 Å². The van der Waals surface area contributed by atoms with Gasteiger partial charge in [-0.15, -0.1) is 0 Å². The van der Waals surface area contributed by atoms with Crippen molar-refractivity contribution in [2.24, 2.45) is 4.99 Å². The molecule has 0 aliphatic heterocycles. The zero-order chi connectivity index (χ0) is 16.5. The normalized spacial score (nSPS) is 11.7. The maximum Gasteiger partial charge on any atom is 0.190 e. The molecular formula is C16H27N7. The van der Waals surface area contributed by atoms with Crippen LogP contribution in [0.25, 0.3) is 0 Å². The molecule has 0 saturated heterocycles. The molecule has 0 atom stereocenters. The minimum atomic E-state index is 0.846. The molecule has 7 nitrogen and oxygen atoms in total. The monoisotopic (exact) mass is 317 g/mol. The molecule has 0 spiro atoms. The van der Waals surface area contributed by atoms with E-state index in [1.807, 2.05) is 23.9 Å². The third-order valence-corrected chi connectivity index (χ3v) is 3.58. The van der Waals surface area contributed by atoms with E-state index in [1.54, 1.807) is 13.2 Å². The van der Waals surface area contributed by atoms with Crippen molar-refractivity contribution in [1.29, 1.82) is 0 Å². The zero-order valence-electron chi connectivity index (χ0n) is 14.3. The van der Waals surface area contributed by atoms with Crippen LogP contribution in [0.3, 0.4) is 0 Å². The number of nitrogens with one attached hydrogen (secondary N) is 2. The van der Waals surface area contributed by atoms with Crippen LogP contribution in [0.1, 0.15) is 24.2 Å². The molecule has 0 fully saturated rings. The van der Waals surface area contributed by atoms with Crippen molar-refractivity contribution in [3.05, 3.63) is 35.9 Å². The highest BCUT2D eigenvalue weighted by atomic mass is 15.3. The van der Waals surface area contributed by atoms with Gasteiger partial charge < -0.3 is 10.6 Å². The van der Waals surface area contributed by atoms with E-state index in [0.717, 1.165) is 50.7 Å². The molecule has 0 bridgehead atoms. The average Bonchev–Trinajstić information content (AvgIpc) is 3.15. The van der Waals surface area contributed by atoms with E-state index >= 15 is 0 Å². The first-order chi connectivity index (χ1) is 11.2. The highest BCUT2D eigenvalue weighted by Crippen LogP contribution is 2.02. The molecule has 2 rings (SSSR count). The molecule has 0 saturated carbocycles. The first-order valence-electron chi connectivity index (χ1n) is 8.12. The smallest absolute Gasteiger partial charge is 0.190 e. The first-order valence-corrected chi connectivity index (χ1v) is 8.12. The second kappa shape index (κ2) is 8.97. The Hall–Kier alpha value is -2.31. The number of nitrogens with zero attached hydrogens (tertiary/aromatic N) is 5. The standard InChI is InChI=1S/C16H27N7/c1-14-13-15(2)23(21-14)12-5-8-19-16(17-3)18-7-4-10-22-11-6-9-20-22/h6,9,11,13H,4-5,7-8,10,12H2,1-3H3,(H2,17,18,19). The molecule has 0 unspecified atom stereocenters. The fourth-order valence-corrected chi connectivity index (χ4v) is 2.44. The molecule has 7 heteroatoms. The Morgan fingerprint density at radius 2 is 1.91 bits per heavy atom. The lowest BCUT2D eigenvalue weighted by Gasteiger charge is -2.12. The van der Waals surface area contributed by atoms with E-state index in [2.05, 4.69) is 43.5 Å². The van der Waals surface area contributed by atoms with Gasteiger partial charge in [-0.2, -0.15) is 10.2 Å². The van der Waals surface area contributed by atoms with Crippen LogP contribution in [0.2, 0.25) is 0 Å². The van der Waals surface area contributed by atoms with Crippen LogP contribution in [0, 0.1) is 13.8 Å². The minimum Gasteiger partial charge on any atom is -0.356 e. The second-order valence-corrected chi connectivity index (χ2v) is 5.55. The van der Waals surface area contributed by atoms with E-state index in [0.29, 0.717) is 0 Å². The van der Waals surface area contributed by atoms with Gasteiger partial charge in [0.25, 0.3) is 0 Å². The van der Waals surface area contributed by atoms with E-state index in [-0.39, 0.29) is 0 Å². The highest BCUT2D eigenvalue weighted by Gasteiger charge is 2.01. The Bertz CT molecular complexity index is 598. The lowest BCUT2D eigenvalue weighted by Crippen LogP contribution is -2.38. The van der Waals surface area contributed by atoms with Crippen molar-refractivity contribution in [2.45, 2.75) is 39.8 Å². The van der Waals surface area contributed by atoms with Crippen molar-refractivity contribution in [1.82, 2.24) is 30.2 Å². The lowest BCUT2D eigenvalue weighted by atomic mass is 10.4. The SMILES string of the molecule is CN=C(NCCCn1cccn1)NCCCn1nc(C)cc1C. The van der Waals surface area contributed by atoms with E-state index in [4.69, 9.17) is 0 Å². The van der Waals surface area contributed by atoms with Crippen LogP contribution in [-0.2, 0) is 13.1 Å². The summed E-state index contributed by atoms with van der Waals surface area (Å²) in [4.78, 5) is 4.24. The third kappa shape index (κ3) is 5.77. The second-order valence-electron chi connectivity index (χ2n) is 5.55. The van der Waals surface area contributed by atoms with Crippen molar-refractivity contribution >= 4 is 5.96 Å². The van der Waals surface area contributed by atoms with Crippen LogP contribution < -0.4 is 10.6 Å². The largest absolute Gasteiger partial charge is 0.356 e. The molecule has 2 aromatic heterocycles. The van der Waals surface area contributed by atoms with Gasteiger partial charge in [0, 0.05) is 51.3 Å². The molecule has 0 aliphatic carbocycles. The minimum absolute atomic E-state index is 0.846. The number of aromatic nitrogens is 4. The summed E-state index contributed by atoms with van der Waals surface area (Å²) in [6, 6.07) is 4.05. The average molecular weight is 317 g/mol. The molecule has 23 heavy (non-hydrogen) atoms. The first kappa shape index (κ1) is 17.1. The third-order valence-electron chi connectivity index (χ3n) is 3.58. The molecule has 2 N–H and O–H groups in total. The summed E-state index contributed by atoms with van der Waals surface area (Å²) < 4.78 is 3.99. The summed E-state index contributed by atoms with van der Waals surface area (Å²) in [7, 11) is 1.80. The van der Waals surface area contributed by atoms with Crippen molar-refractivity contribution in [2.75, 3.05) is 20.1 Å². The van der Waals surface area contributed by atoms with Gasteiger partial charge in [0.15, 0.2) is 5.96 Å². The molecule has 126 valence electrons. The van der Waals surface area contributed by atoms with Gasteiger partial charge >= 0.3 is 0 Å². The summed E-state index contributed by atoms with van der Waals surface area (Å²) in [6.45, 7) is 7.69. The fourth-order valence-electron chi connectivity index (χ4n) is 2.44. The molecule has 2 aromatic rings. The predicted octanol–water partition coefficient (Wildman–Crippen LogP) is 1.34. The Morgan fingerprint density at radius 3 is 2.48 bits per heavy atom. The fraction of sp³-hybridized carbons (Fsp3) is 0.562. The number of aryl methyl sites for hydroxylation is 4. The topological polar surface area (TPSA) is 72.1 Å². The Labute approximate surface area is 137 Å². The molecule has 0 aromatic carbocycles. The van der Waals surface area contributed by atoms with Gasteiger partial charge in [-0.3, -0.25) is 14.4 Å². The van der Waals surface area contributed by atoms with Crippen LogP contribution in [0.5, 0.6) is 0 Å². The number of rotatable bonds is 8. The summed E-state index contributed by atoms with van der Waals surface area (Å²) in [5.74, 6) is 0.846. The molecule has 2 heterocycles. The maximum atomic E-state index is 4.47. The van der Waals surface area contributed by atoms with E-state index in [9.17, 15) is 0 Å². The van der Waals surface area contributed by atoms with Crippen LogP contribution >= 0.6 is 0 Å². The van der Waals surface area contributed by atoms with E-state index < -0.39 is 0 Å². The van der Waals surface area contributed by atoms with Gasteiger partial charge in [-0.1, -0.05) is 0 Å². The molecule has 0 aliphatic rings. The molecule has 0 radical (unpaired) electrons. The predicted molar refractivity (Wildman–Crippen MR) is 92.5 cm³/mol. The molecule has 0 amide bonds. The summed E-state index contributed by atoms with van der Waals surface area (Å²) >= 11 is 0. The van der Waals surface area contributed by atoms with Crippen LogP contribution in [0.4, 0.5) is 0 Å². The van der Waals surface area contributed by atoms with Crippen molar-refractivity contribution < 1.29 is 0 Å². The number of hydrogen-bond donors (Lipinski definition) is 2. The maximum absolute atomic E-state index is 4.47. The number of hydrogen-bond acceptors (Lipinski definition) is 3. The zero-order valence-corrected chi connectivity index (χ0v) is 14.3. The van der Waals surface area contributed by atoms with Gasteiger partial charge in [0.1, 0.15) is 0 Å². The summed E-state index contributed by atoms with van der Waals surface area (Å²) in [6.07, 6.45) is 5.80. The van der Waals surface area contributed by atoms with Gasteiger partial charge in [0.2, 0.25) is 0 Å². The van der Waals surface area contributed by atoms with Crippen molar-refractivity contribution in [3.8, 4) is 0 Å². The number of aliphatic imine (C=N–C) groups is 1. The Kier molecular flexibility index (Phi) is 6.65. The quantitative estimate of drug-likeness (QED) is 0.438. The van der Waals surface area contributed by atoms with Crippen molar-refractivity contribution in [3.63, 3.8) is 0 Å². The summed E-state index contributed by atoms with van der Waals surface area (Å²) in [5.41, 5.74) is 2.29. The Morgan fingerprint density at radius 1 is 1.17 bits per heavy atom. The van der Waals surface area contributed by atoms with Gasteiger partial charge in [-0.25, -0.2) is 0 Å². The Balaban J connectivity index is 1.58. The van der Waals surface area contributed by atoms with E-state index in [1.165, 1.54) is 5.69 Å². The highest BCUT2D eigenvalue weighted by molar-refractivity contribution is 5.79. The summed E-state index contributed by atoms with van der Waals surface area (Å²) in [5, 5.41) is 15.3. The lowest BCUT2D eigenvalue weighted by molar-refractivity contribution is 0.550. The van der Waals surface area contributed by atoms with Crippen LogP contribution in [-0.4, -0.2) is 45.7 Å².